The molecule has 2 rings (SSSR count). The number of nitrogens with zero attached hydrogens (tertiary/aromatic N) is 1. The lowest BCUT2D eigenvalue weighted by Gasteiger charge is -2.30. The molecule has 1 heterocycles. The van der Waals surface area contributed by atoms with Gasteiger partial charge in [0, 0.05) is 13.0 Å². The molecule has 1 aromatic rings. The van der Waals surface area contributed by atoms with Crippen LogP contribution in [0.25, 0.3) is 0 Å². The predicted molar refractivity (Wildman–Crippen MR) is 80.6 cm³/mol. The van der Waals surface area contributed by atoms with Crippen LogP contribution in [0.1, 0.15) is 33.6 Å². The minimum absolute atomic E-state index is 0.0921. The van der Waals surface area contributed by atoms with E-state index >= 15 is 0 Å². The van der Waals surface area contributed by atoms with Gasteiger partial charge < -0.3 is 19.5 Å². The lowest BCUT2D eigenvalue weighted by atomic mass is 10.0. The fraction of sp³-hybridized carbons (Fsp3) is 0.438. The van der Waals surface area contributed by atoms with Gasteiger partial charge in [0.25, 0.3) is 0 Å². The largest absolute Gasteiger partial charge is 0.465 e. The Balaban J connectivity index is 2.03. The lowest BCUT2D eigenvalue weighted by molar-refractivity contribution is -0.0253. The highest BCUT2D eigenvalue weighted by Gasteiger charge is 2.26. The van der Waals surface area contributed by atoms with Crippen LogP contribution in [0.2, 0.25) is 0 Å². The number of methoxy groups -OCH3 is 1. The van der Waals surface area contributed by atoms with E-state index in [2.05, 4.69) is 4.74 Å². The summed E-state index contributed by atoms with van der Waals surface area (Å²) < 4.78 is 37.8. The van der Waals surface area contributed by atoms with Crippen LogP contribution in [-0.2, 0) is 9.47 Å². The zero-order valence-electron chi connectivity index (χ0n) is 13.5. The van der Waals surface area contributed by atoms with Crippen molar-refractivity contribution in [1.29, 1.82) is 0 Å². The van der Waals surface area contributed by atoms with Gasteiger partial charge >= 0.3 is 12.1 Å². The van der Waals surface area contributed by atoms with Crippen LogP contribution >= 0.6 is 0 Å². The van der Waals surface area contributed by atoms with E-state index in [-0.39, 0.29) is 38.1 Å². The van der Waals surface area contributed by atoms with Crippen LogP contribution in [0.15, 0.2) is 12.1 Å². The Kier molecular flexibility index (Phi) is 6.02. The first-order valence-electron chi connectivity index (χ1n) is 7.53. The summed E-state index contributed by atoms with van der Waals surface area (Å²) in [6.45, 7) is 0.522. The second-order valence-corrected chi connectivity index (χ2v) is 5.49. The third-order valence-corrected chi connectivity index (χ3v) is 3.84. The molecule has 0 aliphatic carbocycles. The highest BCUT2D eigenvalue weighted by molar-refractivity contribution is 5.98. The van der Waals surface area contributed by atoms with Crippen molar-refractivity contribution < 1.29 is 37.7 Å². The lowest BCUT2D eigenvalue weighted by Crippen LogP contribution is -2.45. The Bertz CT molecular complexity index is 670. The van der Waals surface area contributed by atoms with E-state index in [1.54, 1.807) is 0 Å². The molecule has 9 heteroatoms. The van der Waals surface area contributed by atoms with Crippen LogP contribution in [0.5, 0.6) is 0 Å². The Morgan fingerprint density at radius 2 is 1.96 bits per heavy atom. The van der Waals surface area contributed by atoms with Crippen LogP contribution in [0.4, 0.5) is 13.6 Å². The van der Waals surface area contributed by atoms with E-state index in [9.17, 15) is 23.2 Å². The normalized spacial score (nSPS) is 17.2. The van der Waals surface area contributed by atoms with E-state index in [0.717, 1.165) is 24.1 Å². The first-order valence-corrected chi connectivity index (χ1v) is 7.53. The van der Waals surface area contributed by atoms with E-state index < -0.39 is 41.1 Å². The summed E-state index contributed by atoms with van der Waals surface area (Å²) in [6, 6.07) is 1.48. The van der Waals surface area contributed by atoms with Gasteiger partial charge in [-0.2, -0.15) is 0 Å². The Hall–Kier alpha value is -2.55. The Morgan fingerprint density at radius 3 is 2.52 bits per heavy atom. The molecule has 0 spiro atoms. The molecule has 0 radical (unpaired) electrons. The second-order valence-electron chi connectivity index (χ2n) is 5.49. The van der Waals surface area contributed by atoms with Gasteiger partial charge in [-0.25, -0.2) is 18.4 Å². The number of carbonyl (C=O) groups is 3. The molecule has 1 saturated heterocycles. The summed E-state index contributed by atoms with van der Waals surface area (Å²) >= 11 is 0. The van der Waals surface area contributed by atoms with Crippen LogP contribution in [-0.4, -0.2) is 60.8 Å². The Labute approximate surface area is 142 Å². The van der Waals surface area contributed by atoms with Crippen molar-refractivity contribution >= 4 is 17.8 Å². The number of rotatable bonds is 5. The van der Waals surface area contributed by atoms with E-state index in [4.69, 9.17) is 9.84 Å². The highest BCUT2D eigenvalue weighted by atomic mass is 19.1. The number of carboxylic acid groups (broad SMARTS) is 1. The van der Waals surface area contributed by atoms with Crippen LogP contribution in [0, 0.1) is 11.6 Å². The molecule has 25 heavy (non-hydrogen) atoms. The maximum Gasteiger partial charge on any atom is 0.407 e. The van der Waals surface area contributed by atoms with Crippen molar-refractivity contribution in [3.63, 3.8) is 0 Å². The van der Waals surface area contributed by atoms with Crippen LogP contribution in [0.3, 0.4) is 0 Å². The topological polar surface area (TPSA) is 93.1 Å². The van der Waals surface area contributed by atoms with Crippen molar-refractivity contribution in [1.82, 2.24) is 4.90 Å². The number of hydrogen-bond donors (Lipinski definition) is 1. The number of benzene rings is 1. The average Bonchev–Trinajstić information content (AvgIpc) is 2.58. The minimum Gasteiger partial charge on any atom is -0.465 e. The molecule has 1 aromatic carbocycles. The van der Waals surface area contributed by atoms with Gasteiger partial charge in [0.1, 0.15) is 11.6 Å². The number of ketones is 1. The molecular formula is C16H17F2NO6. The van der Waals surface area contributed by atoms with E-state index in [0.29, 0.717) is 0 Å². The summed E-state index contributed by atoms with van der Waals surface area (Å²) in [4.78, 5) is 35.5. The van der Waals surface area contributed by atoms with Crippen molar-refractivity contribution in [2.75, 3.05) is 26.8 Å². The summed E-state index contributed by atoms with van der Waals surface area (Å²) in [7, 11) is 1.07. The fourth-order valence-electron chi connectivity index (χ4n) is 2.56. The second kappa shape index (κ2) is 8.02. The molecule has 1 aliphatic rings. The quantitative estimate of drug-likeness (QED) is 0.641. The number of halogens is 2. The number of esters is 1. The van der Waals surface area contributed by atoms with Gasteiger partial charge in [0.2, 0.25) is 0 Å². The molecule has 1 amide bonds. The van der Waals surface area contributed by atoms with Gasteiger partial charge in [-0.3, -0.25) is 4.79 Å². The first-order chi connectivity index (χ1) is 11.8. The summed E-state index contributed by atoms with van der Waals surface area (Å²) in [5.74, 6) is -4.01. The minimum atomic E-state index is -1.15. The highest BCUT2D eigenvalue weighted by Crippen LogP contribution is 2.20. The average molecular weight is 357 g/mol. The molecule has 1 fully saturated rings. The molecular weight excluding hydrogens is 340 g/mol. The van der Waals surface area contributed by atoms with Crippen molar-refractivity contribution in [3.05, 3.63) is 34.9 Å². The van der Waals surface area contributed by atoms with Gasteiger partial charge in [0.15, 0.2) is 5.78 Å². The third kappa shape index (κ3) is 4.50. The summed E-state index contributed by atoms with van der Waals surface area (Å²) in [5.41, 5.74) is -1.07. The standard InChI is InChI=1S/C16H17F2NO6/c1-24-15(21)9-6-11(17)14(12(18)7-9)13(20)3-2-10-8-19(16(22)23)4-5-25-10/h6-7,10H,2-5,8H2,1H3,(H,22,23). The van der Waals surface area contributed by atoms with E-state index in [1.807, 2.05) is 0 Å². The first kappa shape index (κ1) is 18.8. The van der Waals surface area contributed by atoms with Gasteiger partial charge in [0.05, 0.1) is 37.5 Å². The molecule has 1 aliphatic heterocycles. The number of ether oxygens (including phenoxy) is 2. The van der Waals surface area contributed by atoms with Crippen molar-refractivity contribution in [2.24, 2.45) is 0 Å². The van der Waals surface area contributed by atoms with E-state index in [1.165, 1.54) is 0 Å². The third-order valence-electron chi connectivity index (χ3n) is 3.84. The fourth-order valence-corrected chi connectivity index (χ4v) is 2.56. The van der Waals surface area contributed by atoms with Gasteiger partial charge in [-0.1, -0.05) is 0 Å². The number of Topliss-reactive ketones (excluding diaryl/α,β-unsaturated/α-hetero) is 1. The molecule has 0 aromatic heterocycles. The molecule has 0 bridgehead atoms. The predicted octanol–water partition coefficient (Wildman–Crippen LogP) is 2.09. The molecule has 1 N–H and O–H groups in total. The zero-order chi connectivity index (χ0) is 18.6. The zero-order valence-corrected chi connectivity index (χ0v) is 13.5. The molecule has 0 saturated carbocycles. The smallest absolute Gasteiger partial charge is 0.407 e. The maximum atomic E-state index is 14.0. The number of amides is 1. The maximum absolute atomic E-state index is 14.0. The molecule has 136 valence electrons. The number of hydrogen-bond acceptors (Lipinski definition) is 5. The monoisotopic (exact) mass is 357 g/mol. The van der Waals surface area contributed by atoms with Gasteiger partial charge in [-0.15, -0.1) is 0 Å². The van der Waals surface area contributed by atoms with Crippen molar-refractivity contribution in [3.8, 4) is 0 Å². The van der Waals surface area contributed by atoms with Crippen molar-refractivity contribution in [2.45, 2.75) is 18.9 Å². The van der Waals surface area contributed by atoms with Gasteiger partial charge in [-0.05, 0) is 18.6 Å². The summed E-state index contributed by atoms with van der Waals surface area (Å²) in [5, 5.41) is 8.94. The Morgan fingerprint density at radius 1 is 1.32 bits per heavy atom. The number of carbonyl (C=O) groups excluding carboxylic acids is 2. The van der Waals surface area contributed by atoms with Crippen LogP contribution < -0.4 is 0 Å². The number of morpholine rings is 1. The molecule has 1 atom stereocenters. The summed E-state index contributed by atoms with van der Waals surface area (Å²) in [6.07, 6.45) is -1.70. The SMILES string of the molecule is COC(=O)c1cc(F)c(C(=O)CCC2CN(C(=O)O)CCO2)c(F)c1. The molecule has 7 nitrogen and oxygen atoms in total. The molecule has 1 unspecified atom stereocenters.